The van der Waals surface area contributed by atoms with E-state index in [1.54, 1.807) is 32.4 Å². The first kappa shape index (κ1) is 22.7. The van der Waals surface area contributed by atoms with Crippen LogP contribution in [-0.4, -0.2) is 40.6 Å². The molecule has 0 spiro atoms. The van der Waals surface area contributed by atoms with E-state index in [1.165, 1.54) is 11.8 Å². The molecule has 0 unspecified atom stereocenters. The topological polar surface area (TPSA) is 78.3 Å². The van der Waals surface area contributed by atoms with Crippen molar-refractivity contribution in [1.82, 2.24) is 14.8 Å². The molecule has 0 saturated carbocycles. The molecule has 0 fully saturated rings. The highest BCUT2D eigenvalue weighted by Gasteiger charge is 2.18. The zero-order chi connectivity index (χ0) is 23.2. The molecule has 168 valence electrons. The summed E-state index contributed by atoms with van der Waals surface area (Å²) < 4.78 is 12.5. The monoisotopic (exact) mass is 480 g/mol. The van der Waals surface area contributed by atoms with Crippen LogP contribution < -0.4 is 14.8 Å². The molecular weight excluding hydrogens is 460 g/mol. The van der Waals surface area contributed by atoms with E-state index < -0.39 is 0 Å². The van der Waals surface area contributed by atoms with Crippen LogP contribution in [-0.2, 0) is 4.79 Å². The van der Waals surface area contributed by atoms with E-state index in [9.17, 15) is 4.79 Å². The van der Waals surface area contributed by atoms with Crippen LogP contribution in [0.3, 0.4) is 0 Å². The van der Waals surface area contributed by atoms with Crippen molar-refractivity contribution in [2.24, 2.45) is 0 Å². The van der Waals surface area contributed by atoms with Gasteiger partial charge >= 0.3 is 0 Å². The second-order valence-electron chi connectivity index (χ2n) is 6.89. The Bertz CT molecular complexity index is 1250. The van der Waals surface area contributed by atoms with Crippen LogP contribution in [0.15, 0.2) is 78.0 Å². The zero-order valence-electron chi connectivity index (χ0n) is 18.0. The number of nitrogens with zero attached hydrogens (tertiary/aromatic N) is 3. The summed E-state index contributed by atoms with van der Waals surface area (Å²) in [5, 5.41) is 12.8. The highest BCUT2D eigenvalue weighted by atomic mass is 35.5. The number of aromatic nitrogens is 3. The number of amides is 1. The minimum atomic E-state index is -0.199. The highest BCUT2D eigenvalue weighted by molar-refractivity contribution is 7.99. The maximum Gasteiger partial charge on any atom is 0.234 e. The summed E-state index contributed by atoms with van der Waals surface area (Å²) in [5.41, 5.74) is 2.33. The van der Waals surface area contributed by atoms with Gasteiger partial charge in [-0.1, -0.05) is 53.7 Å². The van der Waals surface area contributed by atoms with Gasteiger partial charge in [0.25, 0.3) is 0 Å². The Labute approximate surface area is 200 Å². The lowest BCUT2D eigenvalue weighted by Crippen LogP contribution is -2.15. The summed E-state index contributed by atoms with van der Waals surface area (Å²) in [6.07, 6.45) is 0. The second kappa shape index (κ2) is 10.4. The second-order valence-corrected chi connectivity index (χ2v) is 8.27. The Morgan fingerprint density at radius 2 is 1.76 bits per heavy atom. The van der Waals surface area contributed by atoms with Gasteiger partial charge in [0.2, 0.25) is 5.91 Å². The van der Waals surface area contributed by atoms with Gasteiger partial charge in [0, 0.05) is 22.3 Å². The molecule has 1 amide bonds. The van der Waals surface area contributed by atoms with Crippen molar-refractivity contribution in [2.75, 3.05) is 25.3 Å². The number of thioether (sulfide) groups is 1. The van der Waals surface area contributed by atoms with Crippen molar-refractivity contribution >= 4 is 35.0 Å². The van der Waals surface area contributed by atoms with Gasteiger partial charge in [-0.15, -0.1) is 10.2 Å². The number of carbonyl (C=O) groups excluding carboxylic acids is 1. The molecular formula is C24H21ClN4O3S. The molecule has 0 radical (unpaired) electrons. The van der Waals surface area contributed by atoms with Crippen LogP contribution in [0.5, 0.6) is 11.5 Å². The highest BCUT2D eigenvalue weighted by Crippen LogP contribution is 2.31. The Morgan fingerprint density at radius 1 is 1.00 bits per heavy atom. The molecule has 1 heterocycles. The minimum absolute atomic E-state index is 0.135. The minimum Gasteiger partial charge on any atom is -0.497 e. The molecule has 9 heteroatoms. The molecule has 0 bridgehead atoms. The maximum absolute atomic E-state index is 12.7. The fourth-order valence-electron chi connectivity index (χ4n) is 3.18. The van der Waals surface area contributed by atoms with Crippen molar-refractivity contribution in [2.45, 2.75) is 5.16 Å². The number of ether oxygens (including phenoxy) is 2. The average molecular weight is 481 g/mol. The van der Waals surface area contributed by atoms with Gasteiger partial charge in [0.05, 0.1) is 25.7 Å². The molecule has 3 aromatic carbocycles. The van der Waals surface area contributed by atoms with Crippen molar-refractivity contribution in [3.05, 3.63) is 77.8 Å². The molecule has 33 heavy (non-hydrogen) atoms. The molecule has 4 rings (SSSR count). The van der Waals surface area contributed by atoms with Gasteiger partial charge < -0.3 is 14.8 Å². The number of anilines is 1. The van der Waals surface area contributed by atoms with Crippen LogP contribution >= 0.6 is 23.4 Å². The molecule has 0 atom stereocenters. The Hall–Kier alpha value is -3.49. The number of carbonyl (C=O) groups is 1. The van der Waals surface area contributed by atoms with Crippen LogP contribution in [0.1, 0.15) is 0 Å². The number of methoxy groups -OCH3 is 2. The third kappa shape index (κ3) is 5.30. The van der Waals surface area contributed by atoms with E-state index in [0.29, 0.717) is 33.2 Å². The molecule has 1 N–H and O–H groups in total. The van der Waals surface area contributed by atoms with Gasteiger partial charge in [-0.05, 0) is 36.4 Å². The predicted octanol–water partition coefficient (Wildman–Crippen LogP) is 5.34. The maximum atomic E-state index is 12.7. The zero-order valence-corrected chi connectivity index (χ0v) is 19.6. The summed E-state index contributed by atoms with van der Waals surface area (Å²) >= 11 is 7.37. The average Bonchev–Trinajstić information content (AvgIpc) is 3.28. The quantitative estimate of drug-likeness (QED) is 0.343. The van der Waals surface area contributed by atoms with Gasteiger partial charge in [0.1, 0.15) is 11.5 Å². The number of hydrogen-bond donors (Lipinski definition) is 1. The number of halogens is 1. The van der Waals surface area contributed by atoms with Crippen LogP contribution in [0.25, 0.3) is 17.1 Å². The number of benzene rings is 3. The van der Waals surface area contributed by atoms with Crippen LogP contribution in [0.2, 0.25) is 5.02 Å². The van der Waals surface area contributed by atoms with Crippen LogP contribution in [0.4, 0.5) is 5.69 Å². The number of nitrogens with one attached hydrogen (secondary N) is 1. The van der Waals surface area contributed by atoms with E-state index in [-0.39, 0.29) is 11.7 Å². The summed E-state index contributed by atoms with van der Waals surface area (Å²) in [6.45, 7) is 0. The van der Waals surface area contributed by atoms with E-state index in [2.05, 4.69) is 15.5 Å². The number of hydrogen-bond acceptors (Lipinski definition) is 6. The Kier molecular flexibility index (Phi) is 7.16. The molecule has 7 nitrogen and oxygen atoms in total. The first-order valence-corrected chi connectivity index (χ1v) is 11.4. The molecule has 0 aliphatic carbocycles. The summed E-state index contributed by atoms with van der Waals surface area (Å²) in [6, 6.07) is 22.4. The van der Waals surface area contributed by atoms with Gasteiger partial charge in [0.15, 0.2) is 11.0 Å². The van der Waals surface area contributed by atoms with Gasteiger partial charge in [-0.3, -0.25) is 9.36 Å². The Balaban J connectivity index is 1.56. The van der Waals surface area contributed by atoms with E-state index in [4.69, 9.17) is 21.1 Å². The van der Waals surface area contributed by atoms with Crippen LogP contribution in [0, 0.1) is 0 Å². The fraction of sp³-hybridized carbons (Fsp3) is 0.125. The van der Waals surface area contributed by atoms with Gasteiger partial charge in [-0.2, -0.15) is 0 Å². The fourth-order valence-corrected chi connectivity index (χ4v) is 4.06. The first-order valence-electron chi connectivity index (χ1n) is 10.0. The standard InChI is InChI=1S/C24H21ClN4O3S/c1-31-19-12-13-20(21(14-19)32-2)26-22(30)15-33-24-28-27-23(16-6-4-3-5-7-16)29(24)18-10-8-17(25)9-11-18/h3-14H,15H2,1-2H3,(H,26,30). The summed E-state index contributed by atoms with van der Waals surface area (Å²) in [5.74, 6) is 1.77. The summed E-state index contributed by atoms with van der Waals surface area (Å²) in [4.78, 5) is 12.7. The van der Waals surface area contributed by atoms with E-state index in [0.717, 1.165) is 11.3 Å². The molecule has 4 aromatic rings. The summed E-state index contributed by atoms with van der Waals surface area (Å²) in [7, 11) is 3.11. The van der Waals surface area contributed by atoms with Crippen molar-refractivity contribution in [3.63, 3.8) is 0 Å². The Morgan fingerprint density at radius 3 is 2.45 bits per heavy atom. The predicted molar refractivity (Wildman–Crippen MR) is 131 cm³/mol. The van der Waals surface area contributed by atoms with E-state index in [1.807, 2.05) is 59.2 Å². The normalized spacial score (nSPS) is 10.6. The van der Waals surface area contributed by atoms with E-state index >= 15 is 0 Å². The first-order chi connectivity index (χ1) is 16.1. The van der Waals surface area contributed by atoms with Gasteiger partial charge in [-0.25, -0.2) is 0 Å². The molecule has 0 aliphatic rings. The lowest BCUT2D eigenvalue weighted by molar-refractivity contribution is -0.113. The third-order valence-electron chi connectivity index (χ3n) is 4.77. The SMILES string of the molecule is COc1ccc(NC(=O)CSc2nnc(-c3ccccc3)n2-c2ccc(Cl)cc2)c(OC)c1. The van der Waals surface area contributed by atoms with Crippen molar-refractivity contribution in [3.8, 4) is 28.6 Å². The number of rotatable bonds is 8. The third-order valence-corrected chi connectivity index (χ3v) is 5.95. The van der Waals surface area contributed by atoms with Crippen molar-refractivity contribution < 1.29 is 14.3 Å². The lowest BCUT2D eigenvalue weighted by atomic mass is 10.2. The smallest absolute Gasteiger partial charge is 0.234 e. The lowest BCUT2D eigenvalue weighted by Gasteiger charge is -2.12. The molecule has 0 aliphatic heterocycles. The molecule has 1 aromatic heterocycles. The largest absolute Gasteiger partial charge is 0.497 e. The molecule has 0 saturated heterocycles. The van der Waals surface area contributed by atoms with Crippen molar-refractivity contribution in [1.29, 1.82) is 0 Å².